The van der Waals surface area contributed by atoms with Crippen LogP contribution in [0.2, 0.25) is 0 Å². The molecule has 0 radical (unpaired) electrons. The van der Waals surface area contributed by atoms with Gasteiger partial charge >= 0.3 is 6.18 Å². The summed E-state index contributed by atoms with van der Waals surface area (Å²) in [5, 5.41) is 4.45. The number of hydrogen-bond acceptors (Lipinski definition) is 5. The summed E-state index contributed by atoms with van der Waals surface area (Å²) in [4.78, 5) is 14.9. The first kappa shape index (κ1) is 17.4. The minimum atomic E-state index is -4.38. The first-order valence-electron chi connectivity index (χ1n) is 8.55. The van der Waals surface area contributed by atoms with Crippen molar-refractivity contribution in [2.45, 2.75) is 25.4 Å². The molecule has 1 atom stereocenters. The topological polar surface area (TPSA) is 59.7 Å². The molecule has 0 aliphatic carbocycles. The van der Waals surface area contributed by atoms with E-state index in [-0.39, 0.29) is 5.92 Å². The van der Waals surface area contributed by atoms with E-state index in [0.717, 1.165) is 24.5 Å². The number of alkyl halides is 3. The Morgan fingerprint density at radius 1 is 1.07 bits per heavy atom. The van der Waals surface area contributed by atoms with Crippen LogP contribution in [0.25, 0.3) is 5.82 Å². The lowest BCUT2D eigenvalue weighted by molar-refractivity contribution is -0.137. The smallest absolute Gasteiger partial charge is 0.356 e. The number of aryl methyl sites for hydroxylation is 1. The second-order valence-corrected chi connectivity index (χ2v) is 6.45. The first-order valence-corrected chi connectivity index (χ1v) is 8.55. The highest BCUT2D eigenvalue weighted by Gasteiger charge is 2.32. The second-order valence-electron chi connectivity index (χ2n) is 6.45. The monoisotopic (exact) mass is 374 g/mol. The van der Waals surface area contributed by atoms with Crippen molar-refractivity contribution >= 4 is 5.82 Å². The van der Waals surface area contributed by atoms with Crippen molar-refractivity contribution < 1.29 is 13.2 Å². The van der Waals surface area contributed by atoms with E-state index in [2.05, 4.69) is 20.1 Å². The molecular formula is C18H17F3N6. The van der Waals surface area contributed by atoms with E-state index >= 15 is 0 Å². The summed E-state index contributed by atoms with van der Waals surface area (Å²) in [6.07, 6.45) is -0.990. The van der Waals surface area contributed by atoms with Gasteiger partial charge in [0, 0.05) is 31.4 Å². The molecule has 6 nitrogen and oxygen atoms in total. The molecule has 0 spiro atoms. The van der Waals surface area contributed by atoms with E-state index in [0.29, 0.717) is 30.5 Å². The van der Waals surface area contributed by atoms with Gasteiger partial charge in [-0.3, -0.25) is 0 Å². The Bertz CT molecular complexity index is 921. The van der Waals surface area contributed by atoms with E-state index in [4.69, 9.17) is 0 Å². The van der Waals surface area contributed by atoms with Crippen LogP contribution in [0.4, 0.5) is 19.0 Å². The average molecular weight is 374 g/mol. The largest absolute Gasteiger partial charge is 0.417 e. The fraction of sp³-hybridized carbons (Fsp3) is 0.333. The number of rotatable bonds is 3. The van der Waals surface area contributed by atoms with Crippen LogP contribution in [0.3, 0.4) is 0 Å². The first-order chi connectivity index (χ1) is 12.9. The van der Waals surface area contributed by atoms with Gasteiger partial charge in [-0.05, 0) is 37.6 Å². The summed E-state index contributed by atoms with van der Waals surface area (Å²) in [6, 6.07) is 8.06. The maximum Gasteiger partial charge on any atom is 0.417 e. The van der Waals surface area contributed by atoms with Gasteiger partial charge in [-0.15, -0.1) is 5.10 Å². The van der Waals surface area contributed by atoms with Crippen molar-refractivity contribution in [1.29, 1.82) is 0 Å². The highest BCUT2D eigenvalue weighted by molar-refractivity contribution is 5.42. The van der Waals surface area contributed by atoms with Gasteiger partial charge in [0.15, 0.2) is 5.82 Å². The van der Waals surface area contributed by atoms with Gasteiger partial charge in [0.25, 0.3) is 0 Å². The lowest BCUT2D eigenvalue weighted by Gasteiger charge is -2.18. The van der Waals surface area contributed by atoms with Crippen molar-refractivity contribution in [2.24, 2.45) is 0 Å². The predicted molar refractivity (Wildman–Crippen MR) is 92.7 cm³/mol. The number of aromatic nitrogens is 5. The molecule has 140 valence electrons. The Labute approximate surface area is 153 Å². The van der Waals surface area contributed by atoms with Crippen LogP contribution in [0, 0.1) is 6.92 Å². The highest BCUT2D eigenvalue weighted by atomic mass is 19.4. The normalized spacial score (nSPS) is 17.5. The minimum absolute atomic E-state index is 0.0947. The van der Waals surface area contributed by atoms with Gasteiger partial charge in [0.05, 0.1) is 5.56 Å². The molecule has 27 heavy (non-hydrogen) atoms. The molecule has 0 bridgehead atoms. The molecular weight excluding hydrogens is 357 g/mol. The molecule has 1 aliphatic rings. The third kappa shape index (κ3) is 3.49. The molecule has 1 saturated heterocycles. The Morgan fingerprint density at radius 2 is 1.93 bits per heavy atom. The zero-order chi connectivity index (χ0) is 19.0. The van der Waals surface area contributed by atoms with Crippen molar-refractivity contribution in [3.63, 3.8) is 0 Å². The quantitative estimate of drug-likeness (QED) is 0.703. The molecule has 0 aromatic carbocycles. The van der Waals surface area contributed by atoms with Gasteiger partial charge in [-0.1, -0.05) is 6.07 Å². The molecule has 4 heterocycles. The molecule has 0 amide bonds. The van der Waals surface area contributed by atoms with E-state index < -0.39 is 11.7 Å². The molecule has 9 heteroatoms. The fourth-order valence-corrected chi connectivity index (χ4v) is 3.26. The summed E-state index contributed by atoms with van der Waals surface area (Å²) in [6.45, 7) is 3.13. The van der Waals surface area contributed by atoms with E-state index in [1.165, 1.54) is 6.07 Å². The van der Waals surface area contributed by atoms with Gasteiger partial charge in [0.2, 0.25) is 0 Å². The van der Waals surface area contributed by atoms with E-state index in [1.54, 1.807) is 10.9 Å². The highest BCUT2D eigenvalue weighted by Crippen LogP contribution is 2.32. The van der Waals surface area contributed by atoms with Crippen LogP contribution in [-0.4, -0.2) is 37.8 Å². The molecule has 1 unspecified atom stereocenters. The summed E-state index contributed by atoms with van der Waals surface area (Å²) in [7, 11) is 0. The molecule has 0 saturated carbocycles. The number of pyridine rings is 2. The molecule has 3 aromatic heterocycles. The van der Waals surface area contributed by atoms with Crippen LogP contribution < -0.4 is 4.90 Å². The van der Waals surface area contributed by atoms with Crippen LogP contribution in [0.5, 0.6) is 0 Å². The van der Waals surface area contributed by atoms with Crippen molar-refractivity contribution in [2.75, 3.05) is 18.0 Å². The Hall–Kier alpha value is -2.97. The van der Waals surface area contributed by atoms with Crippen LogP contribution in [-0.2, 0) is 6.18 Å². The lowest BCUT2D eigenvalue weighted by atomic mass is 10.1. The predicted octanol–water partition coefficient (Wildman–Crippen LogP) is 3.38. The second kappa shape index (κ2) is 6.64. The SMILES string of the molecule is Cc1nc(C2CCN(c3ccc(C(F)(F)F)cn3)C2)n(-c2ccccn2)n1. The standard InChI is InChI=1S/C18H17F3N6/c1-12-24-17(27(25-12)16-4-2-3-8-22-16)13-7-9-26(11-13)15-6-5-14(10-23-15)18(19,20)21/h2-6,8,10,13H,7,9,11H2,1H3. The van der Waals surface area contributed by atoms with E-state index in [1.807, 2.05) is 30.0 Å². The number of anilines is 1. The summed E-state index contributed by atoms with van der Waals surface area (Å²) in [5.41, 5.74) is -0.743. The third-order valence-electron chi connectivity index (χ3n) is 4.56. The number of nitrogens with zero attached hydrogens (tertiary/aromatic N) is 6. The van der Waals surface area contributed by atoms with Crippen molar-refractivity contribution in [3.05, 3.63) is 59.9 Å². The average Bonchev–Trinajstić information content (AvgIpc) is 3.28. The van der Waals surface area contributed by atoms with Crippen LogP contribution in [0.1, 0.15) is 29.6 Å². The van der Waals surface area contributed by atoms with E-state index in [9.17, 15) is 13.2 Å². The van der Waals surface area contributed by atoms with Crippen LogP contribution >= 0.6 is 0 Å². The molecule has 0 N–H and O–H groups in total. The van der Waals surface area contributed by atoms with Gasteiger partial charge in [-0.25, -0.2) is 15.0 Å². The molecule has 4 rings (SSSR count). The zero-order valence-corrected chi connectivity index (χ0v) is 14.6. The fourth-order valence-electron chi connectivity index (χ4n) is 3.26. The van der Waals surface area contributed by atoms with Crippen LogP contribution in [0.15, 0.2) is 42.7 Å². The maximum atomic E-state index is 12.7. The van der Waals surface area contributed by atoms with Gasteiger partial charge in [0.1, 0.15) is 17.5 Å². The third-order valence-corrected chi connectivity index (χ3v) is 4.56. The molecule has 1 fully saturated rings. The number of hydrogen-bond donors (Lipinski definition) is 0. The summed E-state index contributed by atoms with van der Waals surface area (Å²) in [5.74, 6) is 2.78. The number of halogens is 3. The minimum Gasteiger partial charge on any atom is -0.356 e. The molecule has 3 aromatic rings. The summed E-state index contributed by atoms with van der Waals surface area (Å²) >= 11 is 0. The van der Waals surface area contributed by atoms with Gasteiger partial charge < -0.3 is 4.90 Å². The lowest BCUT2D eigenvalue weighted by Crippen LogP contribution is -2.21. The summed E-state index contributed by atoms with van der Waals surface area (Å²) < 4.78 is 39.9. The van der Waals surface area contributed by atoms with Crippen molar-refractivity contribution in [3.8, 4) is 5.82 Å². The van der Waals surface area contributed by atoms with Crippen molar-refractivity contribution in [1.82, 2.24) is 24.7 Å². The van der Waals surface area contributed by atoms with Gasteiger partial charge in [-0.2, -0.15) is 17.9 Å². The Kier molecular flexibility index (Phi) is 4.29. The molecule has 1 aliphatic heterocycles. The Morgan fingerprint density at radius 3 is 2.59 bits per heavy atom. The maximum absolute atomic E-state index is 12.7. The zero-order valence-electron chi connectivity index (χ0n) is 14.6. The Balaban J connectivity index is 1.55.